The van der Waals surface area contributed by atoms with E-state index in [1.807, 2.05) is 0 Å². The summed E-state index contributed by atoms with van der Waals surface area (Å²) in [4.78, 5) is 10.7. The van der Waals surface area contributed by atoms with Crippen LogP contribution >= 0.6 is 11.6 Å². The average molecular weight is 245 g/mol. The molecule has 0 atom stereocenters. The molecule has 0 aliphatic carbocycles. The molecule has 2 rings (SSSR count). The van der Waals surface area contributed by atoms with Gasteiger partial charge in [-0.1, -0.05) is 11.6 Å². The van der Waals surface area contributed by atoms with Crippen LogP contribution in [0.5, 0.6) is 17.2 Å². The predicted molar refractivity (Wildman–Crippen MR) is 55.5 cm³/mol. The number of aliphatic carboxylic acids is 1. The number of methoxy groups -OCH3 is 1. The number of carboxylic acid groups (broad SMARTS) is 1. The van der Waals surface area contributed by atoms with E-state index in [1.165, 1.54) is 7.11 Å². The summed E-state index contributed by atoms with van der Waals surface area (Å²) in [5.74, 6) is 0.191. The molecule has 86 valence electrons. The minimum atomic E-state index is -0.965. The number of hydrogen-bond acceptors (Lipinski definition) is 4. The Balaban J connectivity index is 2.52. The Labute approximate surface area is 96.5 Å². The molecule has 1 aliphatic rings. The summed E-state index contributed by atoms with van der Waals surface area (Å²) in [5.41, 5.74) is 0.462. The van der Waals surface area contributed by atoms with Crippen molar-refractivity contribution in [2.45, 2.75) is 6.42 Å². The van der Waals surface area contributed by atoms with Gasteiger partial charge < -0.3 is 19.3 Å². The van der Waals surface area contributed by atoms with Gasteiger partial charge in [-0.25, -0.2) is 0 Å². The molecule has 0 unspecified atom stereocenters. The average Bonchev–Trinajstić information content (AvgIpc) is 2.65. The maximum Gasteiger partial charge on any atom is 0.307 e. The van der Waals surface area contributed by atoms with E-state index in [9.17, 15) is 4.79 Å². The summed E-state index contributed by atoms with van der Waals surface area (Å²) in [5, 5.41) is 9.00. The molecule has 0 saturated heterocycles. The molecule has 0 radical (unpaired) electrons. The van der Waals surface area contributed by atoms with E-state index in [1.54, 1.807) is 6.07 Å². The molecular formula is C10H9ClO5. The Bertz CT molecular complexity index is 443. The zero-order valence-corrected chi connectivity index (χ0v) is 9.21. The molecule has 0 saturated carbocycles. The summed E-state index contributed by atoms with van der Waals surface area (Å²) < 4.78 is 15.4. The van der Waals surface area contributed by atoms with Crippen molar-refractivity contribution in [1.82, 2.24) is 0 Å². The van der Waals surface area contributed by atoms with Gasteiger partial charge in [-0.3, -0.25) is 4.79 Å². The molecule has 5 nitrogen and oxygen atoms in total. The lowest BCUT2D eigenvalue weighted by atomic mass is 10.1. The summed E-state index contributed by atoms with van der Waals surface area (Å²) >= 11 is 6.02. The molecule has 1 heterocycles. The highest BCUT2D eigenvalue weighted by Gasteiger charge is 2.24. The molecular weight excluding hydrogens is 236 g/mol. The number of carboxylic acids is 1. The third kappa shape index (κ3) is 1.74. The fourth-order valence-electron chi connectivity index (χ4n) is 1.55. The molecule has 1 aliphatic heterocycles. The number of hydrogen-bond donors (Lipinski definition) is 1. The maximum absolute atomic E-state index is 10.7. The van der Waals surface area contributed by atoms with Crippen LogP contribution in [-0.2, 0) is 11.2 Å². The van der Waals surface area contributed by atoms with Gasteiger partial charge in [0.25, 0.3) is 0 Å². The first-order valence-corrected chi connectivity index (χ1v) is 4.88. The first-order chi connectivity index (χ1) is 7.63. The van der Waals surface area contributed by atoms with Gasteiger partial charge in [0.15, 0.2) is 11.5 Å². The van der Waals surface area contributed by atoms with Gasteiger partial charge in [0.2, 0.25) is 6.79 Å². The lowest BCUT2D eigenvalue weighted by Gasteiger charge is -2.10. The molecule has 1 aromatic rings. The van der Waals surface area contributed by atoms with Crippen LogP contribution in [0.4, 0.5) is 0 Å². The second kappa shape index (κ2) is 4.09. The lowest BCUT2D eigenvalue weighted by molar-refractivity contribution is -0.136. The normalized spacial score (nSPS) is 12.6. The largest absolute Gasteiger partial charge is 0.495 e. The van der Waals surface area contributed by atoms with Gasteiger partial charge >= 0.3 is 5.97 Å². The van der Waals surface area contributed by atoms with Crippen molar-refractivity contribution in [3.8, 4) is 17.2 Å². The van der Waals surface area contributed by atoms with Crippen LogP contribution in [0, 0.1) is 0 Å². The van der Waals surface area contributed by atoms with E-state index < -0.39 is 5.97 Å². The molecule has 0 spiro atoms. The Hall–Kier alpha value is -1.62. The van der Waals surface area contributed by atoms with Crippen LogP contribution in [0.3, 0.4) is 0 Å². The van der Waals surface area contributed by atoms with Gasteiger partial charge in [-0.15, -0.1) is 0 Å². The Morgan fingerprint density at radius 3 is 3.00 bits per heavy atom. The van der Waals surface area contributed by atoms with E-state index in [0.717, 1.165) is 0 Å². The predicted octanol–water partition coefficient (Wildman–Crippen LogP) is 1.70. The highest BCUT2D eigenvalue weighted by molar-refractivity contribution is 6.34. The quantitative estimate of drug-likeness (QED) is 0.877. The fraction of sp³-hybridized carbons (Fsp3) is 0.300. The molecule has 16 heavy (non-hydrogen) atoms. The Morgan fingerprint density at radius 1 is 1.62 bits per heavy atom. The monoisotopic (exact) mass is 244 g/mol. The molecule has 0 aromatic heterocycles. The van der Waals surface area contributed by atoms with Crippen LogP contribution in [0.25, 0.3) is 0 Å². The van der Waals surface area contributed by atoms with Crippen LogP contribution < -0.4 is 14.2 Å². The number of rotatable bonds is 3. The van der Waals surface area contributed by atoms with Gasteiger partial charge in [-0.2, -0.15) is 0 Å². The van der Waals surface area contributed by atoms with Crippen molar-refractivity contribution in [3.63, 3.8) is 0 Å². The molecule has 0 fully saturated rings. The molecule has 6 heteroatoms. The van der Waals surface area contributed by atoms with Gasteiger partial charge in [0.05, 0.1) is 13.5 Å². The van der Waals surface area contributed by atoms with Gasteiger partial charge in [-0.05, 0) is 6.07 Å². The minimum Gasteiger partial charge on any atom is -0.495 e. The van der Waals surface area contributed by atoms with E-state index in [2.05, 4.69) is 0 Å². The number of fused-ring (bicyclic) bond motifs is 1. The van der Waals surface area contributed by atoms with E-state index in [-0.39, 0.29) is 18.2 Å². The highest BCUT2D eigenvalue weighted by Crippen LogP contribution is 2.46. The fourth-order valence-corrected chi connectivity index (χ4v) is 1.90. The zero-order valence-electron chi connectivity index (χ0n) is 8.45. The summed E-state index contributed by atoms with van der Waals surface area (Å²) in [6.07, 6.45) is -0.181. The van der Waals surface area contributed by atoms with Crippen molar-refractivity contribution in [1.29, 1.82) is 0 Å². The van der Waals surface area contributed by atoms with Crippen molar-refractivity contribution in [3.05, 3.63) is 16.7 Å². The molecule has 1 N–H and O–H groups in total. The van der Waals surface area contributed by atoms with E-state index in [0.29, 0.717) is 22.8 Å². The van der Waals surface area contributed by atoms with Gasteiger partial charge in [0.1, 0.15) is 10.8 Å². The molecule has 1 aromatic carbocycles. The molecule has 0 amide bonds. The van der Waals surface area contributed by atoms with Crippen molar-refractivity contribution in [2.75, 3.05) is 13.9 Å². The SMILES string of the molecule is COc1c(CC(=O)O)cc2c(c1Cl)OCO2. The first-order valence-electron chi connectivity index (χ1n) is 4.50. The first kappa shape index (κ1) is 10.9. The number of halogens is 1. The number of carbonyl (C=O) groups is 1. The van der Waals surface area contributed by atoms with Crippen LogP contribution in [0.15, 0.2) is 6.07 Å². The van der Waals surface area contributed by atoms with Crippen molar-refractivity contribution >= 4 is 17.6 Å². The van der Waals surface area contributed by atoms with Gasteiger partial charge in [0, 0.05) is 5.56 Å². The lowest BCUT2D eigenvalue weighted by Crippen LogP contribution is -2.03. The summed E-state index contributed by atoms with van der Waals surface area (Å²) in [6, 6.07) is 1.57. The molecule has 0 bridgehead atoms. The van der Waals surface area contributed by atoms with E-state index >= 15 is 0 Å². The highest BCUT2D eigenvalue weighted by atomic mass is 35.5. The minimum absolute atomic E-state index is 0.0781. The summed E-state index contributed by atoms with van der Waals surface area (Å²) in [6.45, 7) is 0.0781. The maximum atomic E-state index is 10.7. The Morgan fingerprint density at radius 2 is 2.38 bits per heavy atom. The second-order valence-corrected chi connectivity index (χ2v) is 3.57. The van der Waals surface area contributed by atoms with E-state index in [4.69, 9.17) is 30.9 Å². The zero-order chi connectivity index (χ0) is 11.7. The second-order valence-electron chi connectivity index (χ2n) is 3.19. The third-order valence-electron chi connectivity index (χ3n) is 2.18. The van der Waals surface area contributed by atoms with Crippen LogP contribution in [-0.4, -0.2) is 25.0 Å². The number of benzene rings is 1. The Kier molecular flexibility index (Phi) is 2.78. The standard InChI is InChI=1S/C10H9ClO5/c1-14-9-5(3-7(12)13)2-6-10(8(9)11)16-4-15-6/h2H,3-4H2,1H3,(H,12,13). The van der Waals surface area contributed by atoms with Crippen LogP contribution in [0.1, 0.15) is 5.56 Å². The van der Waals surface area contributed by atoms with Crippen molar-refractivity contribution < 1.29 is 24.1 Å². The number of ether oxygens (including phenoxy) is 3. The van der Waals surface area contributed by atoms with Crippen LogP contribution in [0.2, 0.25) is 5.02 Å². The van der Waals surface area contributed by atoms with Crippen molar-refractivity contribution in [2.24, 2.45) is 0 Å². The topological polar surface area (TPSA) is 65.0 Å². The summed E-state index contributed by atoms with van der Waals surface area (Å²) in [7, 11) is 1.43. The smallest absolute Gasteiger partial charge is 0.307 e. The third-order valence-corrected chi connectivity index (χ3v) is 2.53.